The topological polar surface area (TPSA) is 83.5 Å². The average Bonchev–Trinajstić information content (AvgIpc) is 2.13. The number of rotatable bonds is 3. The smallest absolute Gasteiger partial charge is 0.305 e. The van der Waals surface area contributed by atoms with E-state index in [1.165, 1.54) is 6.07 Å². The number of benzene rings is 1. The van der Waals surface area contributed by atoms with Crippen LogP contribution in [-0.4, -0.2) is 16.2 Å². The quantitative estimate of drug-likeness (QED) is 0.760. The van der Waals surface area contributed by atoms with Gasteiger partial charge in [-0.25, -0.2) is 0 Å². The summed E-state index contributed by atoms with van der Waals surface area (Å²) in [4.78, 5) is 10.6. The molecule has 5 heteroatoms. The van der Waals surface area contributed by atoms with Gasteiger partial charge in [-0.1, -0.05) is 11.6 Å². The molecule has 0 aliphatic carbocycles. The Morgan fingerprint density at radius 2 is 2.12 bits per heavy atom. The zero-order valence-corrected chi connectivity index (χ0v) is 9.88. The van der Waals surface area contributed by atoms with Crippen molar-refractivity contribution < 1.29 is 15.0 Å². The zero-order chi connectivity index (χ0) is 12.5. The van der Waals surface area contributed by atoms with Gasteiger partial charge in [0.05, 0.1) is 11.4 Å². The first-order chi connectivity index (χ1) is 7.34. The normalized spacial score (nSPS) is 12.5. The van der Waals surface area contributed by atoms with Crippen LogP contribution >= 0.6 is 11.6 Å². The van der Waals surface area contributed by atoms with Crippen molar-refractivity contribution in [2.24, 2.45) is 5.73 Å². The third-order valence-electron chi connectivity index (χ3n) is 2.50. The molecule has 0 saturated carbocycles. The molecule has 0 heterocycles. The summed E-state index contributed by atoms with van der Waals surface area (Å²) in [5, 5.41) is 18.4. The highest BCUT2D eigenvalue weighted by molar-refractivity contribution is 6.32. The Bertz CT molecular complexity index is 432. The molecule has 0 amide bonds. The van der Waals surface area contributed by atoms with Crippen molar-refractivity contribution in [3.05, 3.63) is 27.8 Å². The Kier molecular flexibility index (Phi) is 3.78. The molecule has 16 heavy (non-hydrogen) atoms. The number of carboxylic acids is 1. The van der Waals surface area contributed by atoms with Gasteiger partial charge in [0, 0.05) is 6.04 Å². The molecule has 1 rings (SSSR count). The Hall–Kier alpha value is -1.26. The standard InChI is InChI=1S/C11H14ClNO3/c1-5-3-8(14)11(12)6(2)10(5)7(13)4-9(15)16/h3,7,14H,4,13H2,1-2H3,(H,15,16). The molecule has 4 nitrogen and oxygen atoms in total. The van der Waals surface area contributed by atoms with Crippen LogP contribution in [0.3, 0.4) is 0 Å². The summed E-state index contributed by atoms with van der Waals surface area (Å²) in [5.74, 6) is -0.974. The molecule has 0 aromatic heterocycles. The minimum Gasteiger partial charge on any atom is -0.506 e. The van der Waals surface area contributed by atoms with Crippen molar-refractivity contribution in [1.29, 1.82) is 0 Å². The number of carbonyl (C=O) groups is 1. The molecule has 1 aromatic rings. The number of phenolic OH excluding ortho intramolecular Hbond substituents is 1. The van der Waals surface area contributed by atoms with Crippen LogP contribution in [-0.2, 0) is 4.79 Å². The molecule has 1 aromatic carbocycles. The summed E-state index contributed by atoms with van der Waals surface area (Å²) in [7, 11) is 0. The molecule has 0 radical (unpaired) electrons. The zero-order valence-electron chi connectivity index (χ0n) is 9.12. The van der Waals surface area contributed by atoms with Crippen molar-refractivity contribution in [2.75, 3.05) is 0 Å². The molecule has 4 N–H and O–H groups in total. The first-order valence-electron chi connectivity index (χ1n) is 4.80. The Morgan fingerprint density at radius 3 is 2.62 bits per heavy atom. The van der Waals surface area contributed by atoms with Gasteiger partial charge in [0.1, 0.15) is 5.75 Å². The van der Waals surface area contributed by atoms with Crippen molar-refractivity contribution >= 4 is 17.6 Å². The summed E-state index contributed by atoms with van der Waals surface area (Å²) in [6.45, 7) is 3.48. The molecule has 0 aliphatic heterocycles. The fourth-order valence-corrected chi connectivity index (χ4v) is 1.97. The molecule has 88 valence electrons. The maximum Gasteiger partial charge on any atom is 0.305 e. The van der Waals surface area contributed by atoms with Gasteiger partial charge in [-0.2, -0.15) is 0 Å². The van der Waals surface area contributed by atoms with Crippen LogP contribution in [0.25, 0.3) is 0 Å². The lowest BCUT2D eigenvalue weighted by Gasteiger charge is -2.17. The number of aliphatic carboxylic acids is 1. The molecule has 1 unspecified atom stereocenters. The van der Waals surface area contributed by atoms with E-state index in [9.17, 15) is 9.90 Å². The number of hydrogen-bond acceptors (Lipinski definition) is 3. The van der Waals surface area contributed by atoms with Crippen LogP contribution in [0.2, 0.25) is 5.02 Å². The van der Waals surface area contributed by atoms with Crippen molar-refractivity contribution in [3.8, 4) is 5.75 Å². The summed E-state index contributed by atoms with van der Waals surface area (Å²) >= 11 is 5.88. The van der Waals surface area contributed by atoms with Gasteiger partial charge in [0.2, 0.25) is 0 Å². The predicted octanol–water partition coefficient (Wildman–Crippen LogP) is 2.14. The van der Waals surface area contributed by atoms with Crippen molar-refractivity contribution in [2.45, 2.75) is 26.3 Å². The van der Waals surface area contributed by atoms with Gasteiger partial charge in [-0.3, -0.25) is 4.79 Å². The van der Waals surface area contributed by atoms with E-state index in [1.807, 2.05) is 0 Å². The highest BCUT2D eigenvalue weighted by Gasteiger charge is 2.18. The lowest BCUT2D eigenvalue weighted by molar-refractivity contribution is -0.137. The second kappa shape index (κ2) is 4.72. The van der Waals surface area contributed by atoms with Gasteiger partial charge in [0.25, 0.3) is 0 Å². The van der Waals surface area contributed by atoms with Gasteiger partial charge in [-0.05, 0) is 36.6 Å². The van der Waals surface area contributed by atoms with Crippen LogP contribution in [0, 0.1) is 13.8 Å². The monoisotopic (exact) mass is 243 g/mol. The summed E-state index contributed by atoms with van der Waals surface area (Å²) in [6, 6.07) is 0.877. The first kappa shape index (κ1) is 12.8. The Morgan fingerprint density at radius 1 is 1.56 bits per heavy atom. The molecule has 0 fully saturated rings. The Balaban J connectivity index is 3.23. The minimum absolute atomic E-state index is 0.0112. The third-order valence-corrected chi connectivity index (χ3v) is 2.98. The number of aryl methyl sites for hydroxylation is 1. The first-order valence-corrected chi connectivity index (χ1v) is 5.18. The maximum atomic E-state index is 10.6. The van der Waals surface area contributed by atoms with E-state index < -0.39 is 12.0 Å². The lowest BCUT2D eigenvalue weighted by atomic mass is 9.94. The van der Waals surface area contributed by atoms with Crippen molar-refractivity contribution in [1.82, 2.24) is 0 Å². The molecule has 0 spiro atoms. The van der Waals surface area contributed by atoms with Crippen LogP contribution in [0.15, 0.2) is 6.07 Å². The number of aromatic hydroxyl groups is 1. The minimum atomic E-state index is -0.963. The van der Waals surface area contributed by atoms with E-state index in [4.69, 9.17) is 22.4 Å². The highest BCUT2D eigenvalue weighted by Crippen LogP contribution is 2.34. The highest BCUT2D eigenvalue weighted by atomic mass is 35.5. The Labute approximate surface area is 98.6 Å². The predicted molar refractivity (Wildman–Crippen MR) is 61.8 cm³/mol. The van der Waals surface area contributed by atoms with E-state index in [0.717, 1.165) is 5.56 Å². The second-order valence-corrected chi connectivity index (χ2v) is 4.15. The van der Waals surface area contributed by atoms with Gasteiger partial charge < -0.3 is 15.9 Å². The van der Waals surface area contributed by atoms with Gasteiger partial charge >= 0.3 is 5.97 Å². The largest absolute Gasteiger partial charge is 0.506 e. The number of hydrogen-bond donors (Lipinski definition) is 3. The third kappa shape index (κ3) is 2.46. The molecular weight excluding hydrogens is 230 g/mol. The van der Waals surface area contributed by atoms with E-state index in [1.54, 1.807) is 13.8 Å². The number of phenols is 1. The average molecular weight is 244 g/mol. The van der Waals surface area contributed by atoms with Gasteiger partial charge in [0.15, 0.2) is 0 Å². The summed E-state index contributed by atoms with van der Waals surface area (Å²) in [5.41, 5.74) is 7.86. The van der Waals surface area contributed by atoms with E-state index >= 15 is 0 Å². The number of carboxylic acid groups (broad SMARTS) is 1. The number of halogens is 1. The fraction of sp³-hybridized carbons (Fsp3) is 0.364. The molecule has 1 atom stereocenters. The SMILES string of the molecule is Cc1cc(O)c(Cl)c(C)c1C(N)CC(=O)O. The van der Waals surface area contributed by atoms with Crippen LogP contribution in [0.5, 0.6) is 5.75 Å². The summed E-state index contributed by atoms with van der Waals surface area (Å²) < 4.78 is 0. The fourth-order valence-electron chi connectivity index (χ4n) is 1.81. The van der Waals surface area contributed by atoms with Crippen LogP contribution in [0.1, 0.15) is 29.2 Å². The molecule has 0 aliphatic rings. The number of nitrogens with two attached hydrogens (primary N) is 1. The molecule has 0 saturated heterocycles. The van der Waals surface area contributed by atoms with E-state index in [-0.39, 0.29) is 17.2 Å². The second-order valence-electron chi connectivity index (χ2n) is 3.77. The molecular formula is C11H14ClNO3. The van der Waals surface area contributed by atoms with Gasteiger partial charge in [-0.15, -0.1) is 0 Å². The van der Waals surface area contributed by atoms with Crippen LogP contribution in [0.4, 0.5) is 0 Å². The van der Waals surface area contributed by atoms with E-state index in [2.05, 4.69) is 0 Å². The van der Waals surface area contributed by atoms with E-state index in [0.29, 0.717) is 11.1 Å². The van der Waals surface area contributed by atoms with Crippen LogP contribution < -0.4 is 5.73 Å². The lowest BCUT2D eigenvalue weighted by Crippen LogP contribution is -2.17. The summed E-state index contributed by atoms with van der Waals surface area (Å²) in [6.07, 6.45) is -0.164. The molecule has 0 bridgehead atoms. The van der Waals surface area contributed by atoms with Crippen molar-refractivity contribution in [3.63, 3.8) is 0 Å². The maximum absolute atomic E-state index is 10.6.